The molecule has 0 radical (unpaired) electrons. The predicted octanol–water partition coefficient (Wildman–Crippen LogP) is 6.13. The molecule has 0 fully saturated rings. The summed E-state index contributed by atoms with van der Waals surface area (Å²) in [5.74, 6) is -0.229. The van der Waals surface area contributed by atoms with Gasteiger partial charge in [0, 0.05) is 22.4 Å². The van der Waals surface area contributed by atoms with Crippen LogP contribution in [0, 0.1) is 5.41 Å². The molecule has 194 valence electrons. The average molecular weight is 513 g/mol. The second-order valence-corrected chi connectivity index (χ2v) is 8.53. The highest BCUT2D eigenvalue weighted by Gasteiger charge is 2.33. The molecule has 1 atom stereocenters. The lowest BCUT2D eigenvalue weighted by Crippen LogP contribution is -2.41. The summed E-state index contributed by atoms with van der Waals surface area (Å²) in [5.41, 5.74) is 17.0. The van der Waals surface area contributed by atoms with Crippen molar-refractivity contribution in [3.05, 3.63) is 112 Å². The van der Waals surface area contributed by atoms with E-state index in [0.717, 1.165) is 28.9 Å². The van der Waals surface area contributed by atoms with Crippen LogP contribution in [-0.2, 0) is 11.3 Å². The predicted molar refractivity (Wildman–Crippen MR) is 144 cm³/mol. The topological polar surface area (TPSA) is 151 Å². The number of rotatable bonds is 10. The van der Waals surface area contributed by atoms with Crippen molar-refractivity contribution in [3.8, 4) is 5.75 Å². The summed E-state index contributed by atoms with van der Waals surface area (Å²) in [6, 6.07) is 22.6. The van der Waals surface area contributed by atoms with Crippen LogP contribution in [0.3, 0.4) is 0 Å². The quantitative estimate of drug-likeness (QED) is 0.0496. The van der Waals surface area contributed by atoms with Crippen molar-refractivity contribution in [1.29, 1.82) is 5.41 Å². The minimum Gasteiger partial charge on any atom is -0.496 e. The maximum Gasteiger partial charge on any atom is 0.363 e. The van der Waals surface area contributed by atoms with Gasteiger partial charge in [-0.3, -0.25) is 5.41 Å². The van der Waals surface area contributed by atoms with Crippen molar-refractivity contribution in [3.63, 3.8) is 0 Å². The van der Waals surface area contributed by atoms with E-state index >= 15 is 0 Å². The molecule has 10 nitrogen and oxygen atoms in total. The Hall–Kier alpha value is -4.95. The number of nitrogens with two attached hydrogens (primary N) is 1. The highest BCUT2D eigenvalue weighted by molar-refractivity contribution is 5.90. The van der Waals surface area contributed by atoms with E-state index < -0.39 is 18.0 Å². The van der Waals surface area contributed by atoms with Crippen LogP contribution in [0.1, 0.15) is 46.1 Å². The van der Waals surface area contributed by atoms with Gasteiger partial charge in [-0.05, 0) is 66.8 Å². The molecular formula is C28H28N6O4. The molecule has 10 heteroatoms. The number of fused-ring (bicyclic) bond motifs is 1. The number of ether oxygens (including phenoxy) is 1. The van der Waals surface area contributed by atoms with Crippen molar-refractivity contribution in [2.45, 2.75) is 25.3 Å². The molecule has 3 aromatic carbocycles. The highest BCUT2D eigenvalue weighted by atomic mass is 16.7. The van der Waals surface area contributed by atoms with Crippen LogP contribution in [0.2, 0.25) is 0 Å². The Morgan fingerprint density at radius 1 is 1.11 bits per heavy atom. The number of methoxy groups -OCH3 is 1. The van der Waals surface area contributed by atoms with E-state index in [4.69, 9.17) is 30.7 Å². The number of unbranched alkanes of at least 4 members (excludes halogenated alkanes) is 1. The lowest BCUT2D eigenvalue weighted by molar-refractivity contribution is -0.0791. The number of hydrogen-bond donors (Lipinski definition) is 2. The first-order chi connectivity index (χ1) is 18.5. The van der Waals surface area contributed by atoms with E-state index in [1.807, 2.05) is 48.5 Å². The number of benzene rings is 3. The highest BCUT2D eigenvalue weighted by Crippen LogP contribution is 2.38. The van der Waals surface area contributed by atoms with Crippen LogP contribution in [0.4, 0.5) is 0 Å². The maximum atomic E-state index is 13.0. The number of nitrogens with one attached hydrogen (secondary N) is 1. The van der Waals surface area contributed by atoms with E-state index in [9.17, 15) is 4.79 Å². The van der Waals surface area contributed by atoms with E-state index in [1.54, 1.807) is 37.4 Å². The largest absolute Gasteiger partial charge is 0.496 e. The molecule has 0 saturated heterocycles. The molecule has 0 aliphatic carbocycles. The molecule has 38 heavy (non-hydrogen) atoms. The van der Waals surface area contributed by atoms with Crippen LogP contribution in [0.15, 0.2) is 88.4 Å². The van der Waals surface area contributed by atoms with Gasteiger partial charge in [0.15, 0.2) is 6.04 Å². The third-order valence-corrected chi connectivity index (χ3v) is 6.00. The van der Waals surface area contributed by atoms with Crippen molar-refractivity contribution < 1.29 is 18.8 Å². The number of guanidine groups is 1. The normalized spacial score (nSPS) is 11.4. The number of nitrogens with zero attached hydrogens (tertiary/aromatic N) is 4. The molecule has 0 saturated carbocycles. The summed E-state index contributed by atoms with van der Waals surface area (Å²) in [5, 5.41) is 13.8. The van der Waals surface area contributed by atoms with Crippen molar-refractivity contribution in [2.24, 2.45) is 10.8 Å². The summed E-state index contributed by atoms with van der Waals surface area (Å²) < 4.78 is 11.9. The zero-order valence-corrected chi connectivity index (χ0v) is 20.9. The van der Waals surface area contributed by atoms with Gasteiger partial charge in [-0.25, -0.2) is 4.79 Å². The van der Waals surface area contributed by atoms with Crippen LogP contribution in [0.25, 0.3) is 21.4 Å². The van der Waals surface area contributed by atoms with Crippen LogP contribution < -0.4 is 10.5 Å². The first kappa shape index (κ1) is 26.1. The van der Waals surface area contributed by atoms with Crippen molar-refractivity contribution in [1.82, 2.24) is 5.06 Å². The molecule has 0 aliphatic heterocycles. The smallest absolute Gasteiger partial charge is 0.363 e. The van der Waals surface area contributed by atoms with E-state index in [2.05, 4.69) is 10.0 Å². The second kappa shape index (κ2) is 12.3. The summed E-state index contributed by atoms with van der Waals surface area (Å²) >= 11 is 0. The fraction of sp³-hybridized carbons (Fsp3) is 0.214. The third-order valence-electron chi connectivity index (χ3n) is 6.00. The van der Waals surface area contributed by atoms with Gasteiger partial charge < -0.3 is 19.7 Å². The minimum absolute atomic E-state index is 0.308. The van der Waals surface area contributed by atoms with Gasteiger partial charge in [0.1, 0.15) is 17.1 Å². The lowest BCUT2D eigenvalue weighted by Gasteiger charge is -2.30. The Labute approximate surface area is 219 Å². The van der Waals surface area contributed by atoms with Crippen molar-refractivity contribution in [2.75, 3.05) is 13.7 Å². The number of carbonyl (C=O) groups is 1. The third kappa shape index (κ3) is 6.05. The van der Waals surface area contributed by atoms with Gasteiger partial charge in [0.2, 0.25) is 5.96 Å². The zero-order valence-electron chi connectivity index (χ0n) is 20.9. The Morgan fingerprint density at radius 2 is 1.87 bits per heavy atom. The van der Waals surface area contributed by atoms with Gasteiger partial charge in [-0.15, -0.1) is 0 Å². The van der Waals surface area contributed by atoms with Gasteiger partial charge in [-0.2, -0.15) is 5.06 Å². The summed E-state index contributed by atoms with van der Waals surface area (Å²) in [6.45, 7) is 0.425. The Bertz CT molecular complexity index is 1430. The molecule has 0 spiro atoms. The number of furan rings is 1. The fourth-order valence-electron chi connectivity index (χ4n) is 4.20. The number of hydrogen-bond acceptors (Lipinski definition) is 6. The van der Waals surface area contributed by atoms with Gasteiger partial charge in [0.25, 0.3) is 0 Å². The van der Waals surface area contributed by atoms with E-state index in [1.165, 1.54) is 0 Å². The van der Waals surface area contributed by atoms with Gasteiger partial charge in [-0.1, -0.05) is 47.6 Å². The maximum absolute atomic E-state index is 13.0. The Balaban J connectivity index is 1.78. The molecule has 0 bridgehead atoms. The molecule has 1 unspecified atom stereocenters. The molecule has 1 heterocycles. The first-order valence-corrected chi connectivity index (χ1v) is 12.1. The average Bonchev–Trinajstić information content (AvgIpc) is 3.37. The molecular weight excluding hydrogens is 484 g/mol. The van der Waals surface area contributed by atoms with Crippen LogP contribution in [0.5, 0.6) is 5.75 Å². The lowest BCUT2D eigenvalue weighted by atomic mass is 9.97. The van der Waals surface area contributed by atoms with Crippen LogP contribution >= 0.6 is 0 Å². The summed E-state index contributed by atoms with van der Waals surface area (Å²) in [7, 11) is 1.54. The number of aryl methyl sites for hydroxylation is 1. The van der Waals surface area contributed by atoms with E-state index in [-0.39, 0.29) is 0 Å². The van der Waals surface area contributed by atoms with Gasteiger partial charge in [0.05, 0.1) is 12.7 Å². The standard InChI is InChI=1S/C28H28N6O4/c1-36-24-15-14-19(9-7-8-16-32-33-31)17-22(24)26(25-18-21-12-5-6-13-23(21)37-25)34(28(29)30)38-27(35)20-10-3-2-4-11-20/h2-6,10-15,17-18,26H,7-9,16H2,1H3,(H3,29,30). The number of hydroxylamine groups is 2. The summed E-state index contributed by atoms with van der Waals surface area (Å²) in [6.07, 6.45) is 2.26. The first-order valence-electron chi connectivity index (χ1n) is 12.1. The van der Waals surface area contributed by atoms with Crippen molar-refractivity contribution >= 4 is 22.9 Å². The zero-order chi connectivity index (χ0) is 26.9. The molecule has 4 rings (SSSR count). The van der Waals surface area contributed by atoms with Gasteiger partial charge >= 0.3 is 5.97 Å². The molecule has 0 amide bonds. The van der Waals surface area contributed by atoms with E-state index in [0.29, 0.717) is 41.2 Å². The number of carbonyl (C=O) groups excluding carboxylic acids is 1. The Kier molecular flexibility index (Phi) is 8.48. The fourth-order valence-corrected chi connectivity index (χ4v) is 4.20. The number of para-hydroxylation sites is 1. The number of azide groups is 1. The Morgan fingerprint density at radius 3 is 2.58 bits per heavy atom. The second-order valence-electron chi connectivity index (χ2n) is 8.53. The molecule has 3 N–H and O–H groups in total. The van der Waals surface area contributed by atoms with Crippen LogP contribution in [-0.4, -0.2) is 30.6 Å². The SMILES string of the molecule is COc1ccc(CCCCN=[N+]=[N-])cc1C(c1cc2ccccc2o1)N(OC(=O)c1ccccc1)C(=N)N. The molecule has 0 aliphatic rings. The molecule has 1 aromatic heterocycles. The summed E-state index contributed by atoms with van der Waals surface area (Å²) in [4.78, 5) is 21.5. The molecule has 4 aromatic rings. The minimum atomic E-state index is -0.911. The monoisotopic (exact) mass is 512 g/mol.